The summed E-state index contributed by atoms with van der Waals surface area (Å²) in [6, 6.07) is 16.0. The van der Waals surface area contributed by atoms with Gasteiger partial charge in [0.2, 0.25) is 0 Å². The quantitative estimate of drug-likeness (QED) is 0.689. The molecule has 0 radical (unpaired) electrons. The average molecular weight is 237 g/mol. The van der Waals surface area contributed by atoms with E-state index in [-0.39, 0.29) is 5.91 Å². The number of amides is 1. The van der Waals surface area contributed by atoms with Gasteiger partial charge in [0, 0.05) is 18.3 Å². The number of carbonyl (C=O) groups excluding carboxylic acids is 1. The number of benzene rings is 2. The molecule has 2 nitrogen and oxygen atoms in total. The molecule has 0 N–H and O–H groups in total. The smallest absolute Gasteiger partial charge is 0.258 e. The molecular weight excluding hydrogens is 222 g/mol. The standard InChI is InChI=1S/C16H15NO/c1-17-15-9-5-3-7-13(15)11-10-12-6-2-4-8-14(12)16(17)18/h2-9H,10-11H2,1H3. The van der Waals surface area contributed by atoms with E-state index >= 15 is 0 Å². The van der Waals surface area contributed by atoms with E-state index in [0.717, 1.165) is 29.7 Å². The fourth-order valence-corrected chi connectivity index (χ4v) is 2.56. The Morgan fingerprint density at radius 2 is 1.50 bits per heavy atom. The molecule has 2 aromatic carbocycles. The van der Waals surface area contributed by atoms with Gasteiger partial charge in [-0.25, -0.2) is 0 Å². The van der Waals surface area contributed by atoms with Crippen LogP contribution >= 0.6 is 0 Å². The van der Waals surface area contributed by atoms with Crippen LogP contribution in [-0.4, -0.2) is 13.0 Å². The molecule has 2 heteroatoms. The van der Waals surface area contributed by atoms with Crippen LogP contribution in [0.3, 0.4) is 0 Å². The maximum Gasteiger partial charge on any atom is 0.258 e. The van der Waals surface area contributed by atoms with E-state index in [2.05, 4.69) is 12.1 Å². The third-order valence-corrected chi connectivity index (χ3v) is 3.57. The summed E-state index contributed by atoms with van der Waals surface area (Å²) < 4.78 is 0. The molecule has 0 atom stereocenters. The third kappa shape index (κ3) is 1.70. The molecule has 2 aromatic rings. The Bertz CT molecular complexity index is 604. The van der Waals surface area contributed by atoms with Crippen LogP contribution in [0.4, 0.5) is 5.69 Å². The first-order valence-electron chi connectivity index (χ1n) is 6.21. The predicted molar refractivity (Wildman–Crippen MR) is 73.0 cm³/mol. The number of para-hydroxylation sites is 1. The molecule has 18 heavy (non-hydrogen) atoms. The van der Waals surface area contributed by atoms with Crippen LogP contribution in [0, 0.1) is 0 Å². The van der Waals surface area contributed by atoms with Gasteiger partial charge >= 0.3 is 0 Å². The Labute approximate surface area is 107 Å². The molecule has 0 aliphatic carbocycles. The van der Waals surface area contributed by atoms with Gasteiger partial charge in [-0.15, -0.1) is 0 Å². The molecule has 1 aliphatic rings. The summed E-state index contributed by atoms with van der Waals surface area (Å²) in [6.07, 6.45) is 1.90. The number of hydrogen-bond acceptors (Lipinski definition) is 1. The second-order valence-electron chi connectivity index (χ2n) is 4.65. The Kier molecular flexibility index (Phi) is 2.63. The normalized spacial score (nSPS) is 14.5. The van der Waals surface area contributed by atoms with Crippen LogP contribution in [0.2, 0.25) is 0 Å². The SMILES string of the molecule is CN1C(=O)c2ccccc2CCc2ccccc21. The second kappa shape index (κ2) is 4.30. The zero-order valence-electron chi connectivity index (χ0n) is 10.4. The lowest BCUT2D eigenvalue weighted by atomic mass is 9.95. The van der Waals surface area contributed by atoms with Crippen molar-refractivity contribution in [3.05, 3.63) is 65.2 Å². The zero-order valence-corrected chi connectivity index (χ0v) is 10.4. The lowest BCUT2D eigenvalue weighted by molar-refractivity contribution is 0.0991. The maximum absolute atomic E-state index is 12.5. The molecule has 90 valence electrons. The van der Waals surface area contributed by atoms with Crippen molar-refractivity contribution in [3.63, 3.8) is 0 Å². The Morgan fingerprint density at radius 1 is 0.889 bits per heavy atom. The first-order valence-corrected chi connectivity index (χ1v) is 6.21. The molecule has 1 aliphatic heterocycles. The molecule has 0 spiro atoms. The summed E-state index contributed by atoms with van der Waals surface area (Å²) in [7, 11) is 1.85. The van der Waals surface area contributed by atoms with E-state index < -0.39 is 0 Å². The molecule has 1 amide bonds. The van der Waals surface area contributed by atoms with Gasteiger partial charge in [0.25, 0.3) is 5.91 Å². The summed E-state index contributed by atoms with van der Waals surface area (Å²) in [5.41, 5.74) is 4.23. The summed E-state index contributed by atoms with van der Waals surface area (Å²) in [4.78, 5) is 14.2. The molecule has 0 saturated heterocycles. The van der Waals surface area contributed by atoms with Gasteiger partial charge in [-0.1, -0.05) is 36.4 Å². The molecule has 0 saturated carbocycles. The summed E-state index contributed by atoms with van der Waals surface area (Å²) in [5, 5.41) is 0. The molecule has 3 rings (SSSR count). The number of hydrogen-bond donors (Lipinski definition) is 0. The first-order chi connectivity index (χ1) is 8.77. The highest BCUT2D eigenvalue weighted by atomic mass is 16.2. The van der Waals surface area contributed by atoms with Crippen molar-refractivity contribution in [3.8, 4) is 0 Å². The molecule has 0 bridgehead atoms. The van der Waals surface area contributed by atoms with Gasteiger partial charge in [-0.3, -0.25) is 4.79 Å². The van der Waals surface area contributed by atoms with Crippen LogP contribution in [0.5, 0.6) is 0 Å². The molecule has 0 fully saturated rings. The zero-order chi connectivity index (χ0) is 12.5. The fourth-order valence-electron chi connectivity index (χ4n) is 2.56. The van der Waals surface area contributed by atoms with Crippen LogP contribution in [0.15, 0.2) is 48.5 Å². The van der Waals surface area contributed by atoms with Crippen molar-refractivity contribution in [2.75, 3.05) is 11.9 Å². The second-order valence-corrected chi connectivity index (χ2v) is 4.65. The Morgan fingerprint density at radius 3 is 2.33 bits per heavy atom. The maximum atomic E-state index is 12.5. The molecular formula is C16H15NO. The summed E-state index contributed by atoms with van der Waals surface area (Å²) >= 11 is 0. The predicted octanol–water partition coefficient (Wildman–Crippen LogP) is 3.06. The molecule has 1 heterocycles. The monoisotopic (exact) mass is 237 g/mol. The van der Waals surface area contributed by atoms with E-state index in [1.165, 1.54) is 5.56 Å². The molecule has 0 aromatic heterocycles. The third-order valence-electron chi connectivity index (χ3n) is 3.57. The van der Waals surface area contributed by atoms with Crippen LogP contribution in [0.1, 0.15) is 21.5 Å². The van der Waals surface area contributed by atoms with Crippen LogP contribution in [0.25, 0.3) is 0 Å². The number of anilines is 1. The first kappa shape index (κ1) is 11.0. The van der Waals surface area contributed by atoms with Crippen molar-refractivity contribution in [1.82, 2.24) is 0 Å². The number of carbonyl (C=O) groups is 1. The van der Waals surface area contributed by atoms with Gasteiger partial charge in [0.15, 0.2) is 0 Å². The van der Waals surface area contributed by atoms with Gasteiger partial charge in [0.05, 0.1) is 0 Å². The fraction of sp³-hybridized carbons (Fsp3) is 0.188. The van der Waals surface area contributed by atoms with Crippen LogP contribution < -0.4 is 4.90 Å². The lowest BCUT2D eigenvalue weighted by Crippen LogP contribution is -2.29. The van der Waals surface area contributed by atoms with Gasteiger partial charge in [0.1, 0.15) is 0 Å². The van der Waals surface area contributed by atoms with Gasteiger partial charge in [-0.2, -0.15) is 0 Å². The molecule has 0 unspecified atom stereocenters. The lowest BCUT2D eigenvalue weighted by Gasteiger charge is -2.24. The van der Waals surface area contributed by atoms with E-state index in [1.54, 1.807) is 4.90 Å². The number of nitrogens with zero attached hydrogens (tertiary/aromatic N) is 1. The Balaban J connectivity index is 2.13. The highest BCUT2D eigenvalue weighted by Gasteiger charge is 2.21. The van der Waals surface area contributed by atoms with Crippen molar-refractivity contribution in [2.24, 2.45) is 0 Å². The van der Waals surface area contributed by atoms with E-state index in [4.69, 9.17) is 0 Å². The number of rotatable bonds is 0. The average Bonchev–Trinajstić information content (AvgIpc) is 2.43. The summed E-state index contributed by atoms with van der Waals surface area (Å²) in [5.74, 6) is 0.0813. The highest BCUT2D eigenvalue weighted by Crippen LogP contribution is 2.26. The highest BCUT2D eigenvalue weighted by molar-refractivity contribution is 6.07. The minimum absolute atomic E-state index is 0.0813. The van der Waals surface area contributed by atoms with Gasteiger partial charge < -0.3 is 4.90 Å². The number of fused-ring (bicyclic) bond motifs is 2. The van der Waals surface area contributed by atoms with E-state index in [9.17, 15) is 4.79 Å². The van der Waals surface area contributed by atoms with Crippen molar-refractivity contribution in [1.29, 1.82) is 0 Å². The van der Waals surface area contributed by atoms with Crippen molar-refractivity contribution >= 4 is 11.6 Å². The largest absolute Gasteiger partial charge is 0.311 e. The van der Waals surface area contributed by atoms with Crippen molar-refractivity contribution in [2.45, 2.75) is 12.8 Å². The topological polar surface area (TPSA) is 20.3 Å². The Hall–Kier alpha value is -2.09. The minimum Gasteiger partial charge on any atom is -0.311 e. The van der Waals surface area contributed by atoms with Crippen LogP contribution in [-0.2, 0) is 12.8 Å². The van der Waals surface area contributed by atoms with Crippen molar-refractivity contribution < 1.29 is 4.79 Å². The van der Waals surface area contributed by atoms with E-state index in [0.29, 0.717) is 0 Å². The minimum atomic E-state index is 0.0813. The number of aryl methyl sites for hydroxylation is 2. The van der Waals surface area contributed by atoms with E-state index in [1.807, 2.05) is 43.4 Å². The van der Waals surface area contributed by atoms with Gasteiger partial charge in [-0.05, 0) is 36.1 Å². The summed E-state index contributed by atoms with van der Waals surface area (Å²) in [6.45, 7) is 0.